The van der Waals surface area contributed by atoms with Gasteiger partial charge in [-0.05, 0) is 38.2 Å². The predicted octanol–water partition coefficient (Wildman–Crippen LogP) is 2.21. The molecular formula is C26H36N2O6. The Labute approximate surface area is 201 Å². The van der Waals surface area contributed by atoms with Crippen molar-refractivity contribution in [3.63, 3.8) is 0 Å². The molecule has 1 aromatic carbocycles. The van der Waals surface area contributed by atoms with Crippen molar-refractivity contribution in [2.24, 2.45) is 17.8 Å². The van der Waals surface area contributed by atoms with E-state index in [4.69, 9.17) is 9.47 Å². The maximum atomic E-state index is 14.1. The van der Waals surface area contributed by atoms with Crippen molar-refractivity contribution >= 4 is 17.8 Å². The van der Waals surface area contributed by atoms with E-state index in [-0.39, 0.29) is 30.9 Å². The number of hydrogen-bond acceptors (Lipinski definition) is 6. The molecule has 0 radical (unpaired) electrons. The lowest BCUT2D eigenvalue weighted by Gasteiger charge is -2.37. The minimum absolute atomic E-state index is 0.0545. The van der Waals surface area contributed by atoms with Gasteiger partial charge in [0.2, 0.25) is 11.8 Å². The molecule has 2 bridgehead atoms. The van der Waals surface area contributed by atoms with Crippen LogP contribution in [0.25, 0.3) is 0 Å². The number of carbonyl (C=O) groups excluding carboxylic acids is 3. The van der Waals surface area contributed by atoms with Crippen LogP contribution in [0.3, 0.4) is 0 Å². The Kier molecular flexibility index (Phi) is 6.75. The number of unbranched alkanes of at least 4 members (excludes halogenated alkanes) is 1. The number of aliphatic hydroxyl groups excluding tert-OH is 1. The number of esters is 1. The zero-order chi connectivity index (χ0) is 24.7. The quantitative estimate of drug-likeness (QED) is 0.422. The minimum Gasteiger partial charge on any atom is -0.466 e. The molecule has 1 spiro atoms. The van der Waals surface area contributed by atoms with Crippen molar-refractivity contribution in [3.8, 4) is 0 Å². The highest BCUT2D eigenvalue weighted by atomic mass is 16.6. The first-order valence-corrected chi connectivity index (χ1v) is 12.4. The second kappa shape index (κ2) is 9.30. The molecule has 0 aliphatic carbocycles. The molecule has 3 aliphatic rings. The van der Waals surface area contributed by atoms with Crippen molar-refractivity contribution in [1.82, 2.24) is 10.2 Å². The SMILES string of the molecule is CCCCNC(=O)C1N([C@H](CO)c2ccccc2)C(=O)[C@@H]2[C@H](C(=O)OCC)[C@@]3(C)OC12CC3C. The third kappa shape index (κ3) is 3.53. The van der Waals surface area contributed by atoms with Crippen molar-refractivity contribution in [1.29, 1.82) is 0 Å². The molecule has 3 saturated heterocycles. The van der Waals surface area contributed by atoms with Gasteiger partial charge in [-0.25, -0.2) is 0 Å². The van der Waals surface area contributed by atoms with Crippen LogP contribution in [0.5, 0.6) is 0 Å². The minimum atomic E-state index is -1.15. The standard InChI is InChI=1S/C26H36N2O6/c1-5-7-13-27-22(30)21-26-14-16(3)25(4,34-26)20(24(32)33-6-2)19(26)23(31)28(21)18(15-29)17-11-9-8-10-12-17/h8-12,16,18-21,29H,5-7,13-15H2,1-4H3,(H,27,30)/t16?,18-,19+,20-,21?,25+,26?/m1/s1. The van der Waals surface area contributed by atoms with Gasteiger partial charge in [0.1, 0.15) is 17.6 Å². The molecule has 0 aromatic heterocycles. The van der Waals surface area contributed by atoms with Gasteiger partial charge in [-0.1, -0.05) is 50.6 Å². The first kappa shape index (κ1) is 24.7. The summed E-state index contributed by atoms with van der Waals surface area (Å²) < 4.78 is 12.0. The number of fused-ring (bicyclic) bond motifs is 1. The molecule has 3 heterocycles. The lowest BCUT2D eigenvalue weighted by molar-refractivity contribution is -0.162. The van der Waals surface area contributed by atoms with Crippen molar-refractivity contribution in [2.75, 3.05) is 19.8 Å². The molecule has 2 N–H and O–H groups in total. The van der Waals surface area contributed by atoms with E-state index >= 15 is 0 Å². The first-order chi connectivity index (χ1) is 16.3. The summed E-state index contributed by atoms with van der Waals surface area (Å²) in [6.45, 7) is 7.95. The summed E-state index contributed by atoms with van der Waals surface area (Å²) in [7, 11) is 0. The number of hydrogen-bond donors (Lipinski definition) is 2. The summed E-state index contributed by atoms with van der Waals surface area (Å²) in [6.07, 6.45) is 2.21. The Morgan fingerprint density at radius 3 is 2.62 bits per heavy atom. The summed E-state index contributed by atoms with van der Waals surface area (Å²) in [4.78, 5) is 42.4. The molecule has 8 nitrogen and oxygen atoms in total. The van der Waals surface area contributed by atoms with Crippen molar-refractivity contribution in [3.05, 3.63) is 35.9 Å². The summed E-state index contributed by atoms with van der Waals surface area (Å²) in [5, 5.41) is 13.4. The smallest absolute Gasteiger partial charge is 0.312 e. The van der Waals surface area contributed by atoms with Crippen LogP contribution in [0, 0.1) is 17.8 Å². The van der Waals surface area contributed by atoms with Gasteiger partial charge in [0.15, 0.2) is 0 Å². The van der Waals surface area contributed by atoms with E-state index in [1.807, 2.05) is 51.1 Å². The summed E-state index contributed by atoms with van der Waals surface area (Å²) >= 11 is 0. The molecule has 3 aliphatic heterocycles. The molecule has 8 heteroatoms. The van der Waals surface area contributed by atoms with Gasteiger partial charge in [0, 0.05) is 6.54 Å². The average molecular weight is 473 g/mol. The number of benzene rings is 1. The molecule has 0 saturated carbocycles. The molecule has 4 rings (SSSR count). The lowest BCUT2D eigenvalue weighted by atomic mass is 9.62. The molecule has 3 fully saturated rings. The largest absolute Gasteiger partial charge is 0.466 e. The van der Waals surface area contributed by atoms with Crippen LogP contribution >= 0.6 is 0 Å². The van der Waals surface area contributed by atoms with Crippen LogP contribution in [0.15, 0.2) is 30.3 Å². The molecule has 7 atom stereocenters. The van der Waals surface area contributed by atoms with Gasteiger partial charge in [0.05, 0.1) is 30.8 Å². The number of likely N-dealkylation sites (tertiary alicyclic amines) is 1. The Morgan fingerprint density at radius 1 is 1.29 bits per heavy atom. The van der Waals surface area contributed by atoms with Gasteiger partial charge in [-0.3, -0.25) is 14.4 Å². The molecule has 1 aromatic rings. The highest BCUT2D eigenvalue weighted by molar-refractivity contribution is 5.98. The first-order valence-electron chi connectivity index (χ1n) is 12.4. The van der Waals surface area contributed by atoms with Gasteiger partial charge in [-0.15, -0.1) is 0 Å². The molecule has 186 valence electrons. The topological polar surface area (TPSA) is 105 Å². The maximum absolute atomic E-state index is 14.1. The zero-order valence-electron chi connectivity index (χ0n) is 20.5. The second-order valence-corrected chi connectivity index (χ2v) is 9.96. The van der Waals surface area contributed by atoms with Gasteiger partial charge in [0.25, 0.3) is 0 Å². The fourth-order valence-electron chi connectivity index (χ4n) is 6.42. The van der Waals surface area contributed by atoms with Crippen LogP contribution in [0.4, 0.5) is 0 Å². The fourth-order valence-corrected chi connectivity index (χ4v) is 6.42. The molecule has 34 heavy (non-hydrogen) atoms. The number of rotatable bonds is 9. The van der Waals surface area contributed by atoms with Crippen LogP contribution in [0.2, 0.25) is 0 Å². The predicted molar refractivity (Wildman–Crippen MR) is 124 cm³/mol. The van der Waals surface area contributed by atoms with Gasteiger partial charge < -0.3 is 24.8 Å². The number of amides is 2. The Morgan fingerprint density at radius 2 is 2.00 bits per heavy atom. The van der Waals surface area contributed by atoms with Crippen LogP contribution in [0.1, 0.15) is 58.6 Å². The van der Waals surface area contributed by atoms with Crippen molar-refractivity contribution < 1.29 is 29.0 Å². The number of ether oxygens (including phenoxy) is 2. The zero-order valence-corrected chi connectivity index (χ0v) is 20.5. The lowest BCUT2D eigenvalue weighted by Crippen LogP contribution is -2.56. The third-order valence-electron chi connectivity index (χ3n) is 8.06. The Hall–Kier alpha value is -2.45. The Balaban J connectivity index is 1.82. The summed E-state index contributed by atoms with van der Waals surface area (Å²) in [6, 6.07) is 7.50. The van der Waals surface area contributed by atoms with E-state index in [1.165, 1.54) is 4.90 Å². The number of carbonyl (C=O) groups is 3. The van der Waals surface area contributed by atoms with E-state index in [0.717, 1.165) is 18.4 Å². The van der Waals surface area contributed by atoms with Crippen LogP contribution in [-0.4, -0.2) is 64.8 Å². The third-order valence-corrected chi connectivity index (χ3v) is 8.06. The highest BCUT2D eigenvalue weighted by Gasteiger charge is 2.80. The number of nitrogens with one attached hydrogen (secondary N) is 1. The van der Waals surface area contributed by atoms with Crippen LogP contribution in [-0.2, 0) is 23.9 Å². The van der Waals surface area contributed by atoms with Gasteiger partial charge in [-0.2, -0.15) is 0 Å². The monoisotopic (exact) mass is 472 g/mol. The fraction of sp³-hybridized carbons (Fsp3) is 0.654. The van der Waals surface area contributed by atoms with E-state index in [9.17, 15) is 19.5 Å². The highest BCUT2D eigenvalue weighted by Crippen LogP contribution is 2.66. The number of nitrogens with zero attached hydrogens (tertiary/aromatic N) is 1. The summed E-state index contributed by atoms with van der Waals surface area (Å²) in [5.41, 5.74) is -1.33. The van der Waals surface area contributed by atoms with E-state index in [1.54, 1.807) is 6.92 Å². The average Bonchev–Trinajstić information content (AvgIpc) is 3.33. The molecule has 3 unspecified atom stereocenters. The second-order valence-electron chi connectivity index (χ2n) is 9.96. The Bertz CT molecular complexity index is 938. The maximum Gasteiger partial charge on any atom is 0.312 e. The van der Waals surface area contributed by atoms with E-state index in [0.29, 0.717) is 13.0 Å². The van der Waals surface area contributed by atoms with E-state index in [2.05, 4.69) is 5.32 Å². The number of aliphatic hydroxyl groups is 1. The van der Waals surface area contributed by atoms with Gasteiger partial charge >= 0.3 is 5.97 Å². The molecular weight excluding hydrogens is 436 g/mol. The van der Waals surface area contributed by atoms with Crippen molar-refractivity contribution in [2.45, 2.75) is 70.2 Å². The van der Waals surface area contributed by atoms with Crippen LogP contribution < -0.4 is 5.32 Å². The molecule has 2 amide bonds. The normalized spacial score (nSPS) is 34.7. The summed E-state index contributed by atoms with van der Waals surface area (Å²) in [5.74, 6) is -2.82. The van der Waals surface area contributed by atoms with E-state index < -0.39 is 41.1 Å².